The maximum absolute atomic E-state index is 9.90. The highest BCUT2D eigenvalue weighted by Gasteiger charge is 2.15. The van der Waals surface area contributed by atoms with Gasteiger partial charge in [-0.1, -0.05) is 48.6 Å². The Morgan fingerprint density at radius 3 is 2.45 bits per heavy atom. The molecule has 0 aliphatic heterocycles. The Labute approximate surface area is 132 Å². The molecule has 112 valence electrons. The molecule has 1 aliphatic rings. The van der Waals surface area contributed by atoms with Crippen LogP contribution in [0.1, 0.15) is 28.7 Å². The Balaban J connectivity index is 2.13. The highest BCUT2D eigenvalue weighted by atomic mass is 16.3. The standard InChI is InChI=1S/C20H21NO/c1-21(2)13-5-8-19-18-7-4-3-6-15(18)9-10-16-11-12-17(22)14-20(16)19/h3-4,6-12,14,22H,5,13H2,1-2H3/b19-8+. The predicted octanol–water partition coefficient (Wildman–Crippen LogP) is 4.26. The third-order valence-corrected chi connectivity index (χ3v) is 3.95. The lowest BCUT2D eigenvalue weighted by Gasteiger charge is -2.13. The molecular weight excluding hydrogens is 270 g/mol. The maximum Gasteiger partial charge on any atom is 0.116 e. The van der Waals surface area contributed by atoms with E-state index in [0.717, 1.165) is 24.1 Å². The first-order valence-corrected chi connectivity index (χ1v) is 7.61. The van der Waals surface area contributed by atoms with Crippen LogP contribution in [-0.2, 0) is 0 Å². The number of hydrogen-bond acceptors (Lipinski definition) is 2. The minimum absolute atomic E-state index is 0.310. The Morgan fingerprint density at radius 2 is 1.68 bits per heavy atom. The molecule has 1 aliphatic carbocycles. The molecule has 0 fully saturated rings. The quantitative estimate of drug-likeness (QED) is 0.779. The van der Waals surface area contributed by atoms with Gasteiger partial charge in [0, 0.05) is 6.54 Å². The molecule has 0 atom stereocenters. The number of phenols is 1. The van der Waals surface area contributed by atoms with Crippen molar-refractivity contribution < 1.29 is 5.11 Å². The molecule has 1 N–H and O–H groups in total. The Kier molecular flexibility index (Phi) is 4.12. The number of rotatable bonds is 3. The molecule has 2 aromatic carbocycles. The van der Waals surface area contributed by atoms with E-state index < -0.39 is 0 Å². The lowest BCUT2D eigenvalue weighted by molar-refractivity contribution is 0.417. The SMILES string of the molecule is CN(C)CC/C=C1\c2ccccc2C=Cc2ccc(O)cc21. The van der Waals surface area contributed by atoms with E-state index >= 15 is 0 Å². The summed E-state index contributed by atoms with van der Waals surface area (Å²) in [6.45, 7) is 1.01. The molecule has 3 rings (SSSR count). The van der Waals surface area contributed by atoms with Gasteiger partial charge in [-0.15, -0.1) is 0 Å². The van der Waals surface area contributed by atoms with E-state index in [9.17, 15) is 5.11 Å². The van der Waals surface area contributed by atoms with Crippen LogP contribution in [0.15, 0.2) is 48.5 Å². The summed E-state index contributed by atoms with van der Waals surface area (Å²) < 4.78 is 0. The highest BCUT2D eigenvalue weighted by molar-refractivity contribution is 5.94. The molecule has 0 spiro atoms. The number of fused-ring (bicyclic) bond motifs is 2. The van der Waals surface area contributed by atoms with E-state index in [4.69, 9.17) is 0 Å². The summed E-state index contributed by atoms with van der Waals surface area (Å²) in [6.07, 6.45) is 7.54. The summed E-state index contributed by atoms with van der Waals surface area (Å²) >= 11 is 0. The predicted molar refractivity (Wildman–Crippen MR) is 93.7 cm³/mol. The topological polar surface area (TPSA) is 23.5 Å². The van der Waals surface area contributed by atoms with Crippen molar-refractivity contribution in [3.05, 3.63) is 70.8 Å². The van der Waals surface area contributed by atoms with E-state index in [1.54, 1.807) is 6.07 Å². The molecule has 0 radical (unpaired) electrons. The molecule has 0 bridgehead atoms. The number of benzene rings is 2. The second-order valence-corrected chi connectivity index (χ2v) is 5.90. The van der Waals surface area contributed by atoms with Gasteiger partial charge in [0.25, 0.3) is 0 Å². The van der Waals surface area contributed by atoms with E-state index in [0.29, 0.717) is 5.75 Å². The van der Waals surface area contributed by atoms with Crippen molar-refractivity contribution >= 4 is 17.7 Å². The van der Waals surface area contributed by atoms with E-state index in [1.807, 2.05) is 12.1 Å². The van der Waals surface area contributed by atoms with Crippen molar-refractivity contribution in [3.8, 4) is 5.75 Å². The fraction of sp³-hybridized carbons (Fsp3) is 0.200. The zero-order valence-corrected chi connectivity index (χ0v) is 13.1. The molecule has 0 unspecified atom stereocenters. The number of hydrogen-bond donors (Lipinski definition) is 1. The van der Waals surface area contributed by atoms with Crippen LogP contribution in [-0.4, -0.2) is 30.6 Å². The van der Waals surface area contributed by atoms with Gasteiger partial charge in [0.05, 0.1) is 0 Å². The van der Waals surface area contributed by atoms with Gasteiger partial charge in [0.15, 0.2) is 0 Å². The van der Waals surface area contributed by atoms with Crippen LogP contribution >= 0.6 is 0 Å². The minimum atomic E-state index is 0.310. The summed E-state index contributed by atoms with van der Waals surface area (Å²) in [5, 5.41) is 9.90. The zero-order valence-electron chi connectivity index (χ0n) is 13.1. The van der Waals surface area contributed by atoms with Gasteiger partial charge in [0.1, 0.15) is 5.75 Å². The van der Waals surface area contributed by atoms with Gasteiger partial charge in [-0.3, -0.25) is 0 Å². The number of phenolic OH excluding ortho intramolecular Hbond substituents is 1. The molecule has 22 heavy (non-hydrogen) atoms. The van der Waals surface area contributed by atoms with E-state index in [-0.39, 0.29) is 0 Å². The Hall–Kier alpha value is -2.32. The van der Waals surface area contributed by atoms with E-state index in [2.05, 4.69) is 61.5 Å². The summed E-state index contributed by atoms with van der Waals surface area (Å²) in [4.78, 5) is 2.18. The van der Waals surface area contributed by atoms with Crippen molar-refractivity contribution in [1.29, 1.82) is 0 Å². The van der Waals surface area contributed by atoms with Crippen LogP contribution in [0, 0.1) is 0 Å². The fourth-order valence-corrected chi connectivity index (χ4v) is 2.82. The lowest BCUT2D eigenvalue weighted by Crippen LogP contribution is -2.12. The smallest absolute Gasteiger partial charge is 0.116 e. The molecule has 0 saturated heterocycles. The Bertz CT molecular complexity index is 741. The van der Waals surface area contributed by atoms with Crippen LogP contribution in [0.3, 0.4) is 0 Å². The summed E-state index contributed by atoms with van der Waals surface area (Å²) in [5.74, 6) is 0.310. The second kappa shape index (κ2) is 6.20. The van der Waals surface area contributed by atoms with Crippen LogP contribution < -0.4 is 0 Å². The molecule has 0 amide bonds. The van der Waals surface area contributed by atoms with Crippen LogP contribution in [0.4, 0.5) is 0 Å². The highest BCUT2D eigenvalue weighted by Crippen LogP contribution is 2.35. The van der Waals surface area contributed by atoms with Crippen molar-refractivity contribution in [2.75, 3.05) is 20.6 Å². The third-order valence-electron chi connectivity index (χ3n) is 3.95. The molecule has 0 aromatic heterocycles. The maximum atomic E-state index is 9.90. The third kappa shape index (κ3) is 2.97. The first-order chi connectivity index (χ1) is 10.6. The summed E-state index contributed by atoms with van der Waals surface area (Å²) in [6, 6.07) is 14.0. The van der Waals surface area contributed by atoms with Gasteiger partial charge in [0.2, 0.25) is 0 Å². The first-order valence-electron chi connectivity index (χ1n) is 7.61. The van der Waals surface area contributed by atoms with Crippen LogP contribution in [0.25, 0.3) is 17.7 Å². The molecule has 2 nitrogen and oxygen atoms in total. The number of nitrogens with zero attached hydrogens (tertiary/aromatic N) is 1. The van der Waals surface area contributed by atoms with Crippen molar-refractivity contribution in [2.45, 2.75) is 6.42 Å². The molecular formula is C20H21NO. The molecule has 2 aromatic rings. The van der Waals surface area contributed by atoms with Crippen molar-refractivity contribution in [2.24, 2.45) is 0 Å². The largest absolute Gasteiger partial charge is 0.508 e. The number of aromatic hydroxyl groups is 1. The fourth-order valence-electron chi connectivity index (χ4n) is 2.82. The minimum Gasteiger partial charge on any atom is -0.508 e. The van der Waals surface area contributed by atoms with Gasteiger partial charge >= 0.3 is 0 Å². The lowest BCUT2D eigenvalue weighted by atomic mass is 9.92. The summed E-state index contributed by atoms with van der Waals surface area (Å²) in [5.41, 5.74) is 5.88. The molecule has 0 heterocycles. The van der Waals surface area contributed by atoms with Gasteiger partial charge in [-0.25, -0.2) is 0 Å². The summed E-state index contributed by atoms with van der Waals surface area (Å²) in [7, 11) is 4.17. The van der Waals surface area contributed by atoms with Gasteiger partial charge in [-0.2, -0.15) is 0 Å². The monoisotopic (exact) mass is 291 g/mol. The van der Waals surface area contributed by atoms with E-state index in [1.165, 1.54) is 16.7 Å². The zero-order chi connectivity index (χ0) is 15.5. The van der Waals surface area contributed by atoms with Gasteiger partial charge < -0.3 is 10.0 Å². The first kappa shape index (κ1) is 14.6. The molecule has 0 saturated carbocycles. The Morgan fingerprint density at radius 1 is 0.955 bits per heavy atom. The van der Waals surface area contributed by atoms with Gasteiger partial charge in [-0.05, 0) is 60.5 Å². The average molecular weight is 291 g/mol. The average Bonchev–Trinajstić information content (AvgIpc) is 2.65. The van der Waals surface area contributed by atoms with Crippen molar-refractivity contribution in [1.82, 2.24) is 4.90 Å². The second-order valence-electron chi connectivity index (χ2n) is 5.90. The van der Waals surface area contributed by atoms with Crippen molar-refractivity contribution in [3.63, 3.8) is 0 Å². The van der Waals surface area contributed by atoms with Crippen LogP contribution in [0.5, 0.6) is 5.75 Å². The normalized spacial score (nSPS) is 14.8. The van der Waals surface area contributed by atoms with Crippen LogP contribution in [0.2, 0.25) is 0 Å². The molecule has 2 heteroatoms.